The predicted octanol–water partition coefficient (Wildman–Crippen LogP) is 2.47. The summed E-state index contributed by atoms with van der Waals surface area (Å²) in [5.41, 5.74) is 1.12. The van der Waals surface area contributed by atoms with Gasteiger partial charge in [-0.05, 0) is 43.0 Å². The summed E-state index contributed by atoms with van der Waals surface area (Å²) in [4.78, 5) is 35.8. The minimum absolute atomic E-state index is 0.0110. The SMILES string of the molecule is CCOCCN(CCOCCOCCN(CCOC)Cc1cccc(C(=O)O)n1)Cc1cc(SC#N)cc(C(=O)O)n1. The van der Waals surface area contributed by atoms with Gasteiger partial charge in [0.25, 0.3) is 0 Å². The lowest BCUT2D eigenvalue weighted by atomic mass is 10.2. The molecule has 0 aliphatic heterocycles. The van der Waals surface area contributed by atoms with Crippen molar-refractivity contribution in [1.82, 2.24) is 19.8 Å². The monoisotopic (exact) mass is 605 g/mol. The molecule has 2 heterocycles. The molecule has 0 unspecified atom stereocenters. The number of carboxylic acids is 2. The molecule has 42 heavy (non-hydrogen) atoms. The molecule has 2 rings (SSSR count). The van der Waals surface area contributed by atoms with Gasteiger partial charge in [0, 0.05) is 57.9 Å². The summed E-state index contributed by atoms with van der Waals surface area (Å²) in [6.45, 7) is 8.52. The van der Waals surface area contributed by atoms with Gasteiger partial charge in [-0.2, -0.15) is 5.26 Å². The first-order valence-electron chi connectivity index (χ1n) is 13.5. The lowest BCUT2D eigenvalue weighted by Gasteiger charge is -2.22. The fourth-order valence-corrected chi connectivity index (χ4v) is 4.29. The second kappa shape index (κ2) is 20.7. The highest BCUT2D eigenvalue weighted by molar-refractivity contribution is 8.03. The topological polar surface area (TPSA) is 168 Å². The Morgan fingerprint density at radius 2 is 1.40 bits per heavy atom. The number of nitriles is 1. The van der Waals surface area contributed by atoms with Crippen LogP contribution < -0.4 is 0 Å². The zero-order chi connectivity index (χ0) is 30.6. The molecule has 0 aromatic carbocycles. The van der Waals surface area contributed by atoms with Crippen molar-refractivity contribution in [2.75, 3.05) is 79.5 Å². The summed E-state index contributed by atoms with van der Waals surface area (Å²) < 4.78 is 22.2. The summed E-state index contributed by atoms with van der Waals surface area (Å²) in [5.74, 6) is -2.21. The highest BCUT2D eigenvalue weighted by atomic mass is 32.2. The number of pyridine rings is 2. The Balaban J connectivity index is 1.78. The molecule has 14 heteroatoms. The number of thiocyanates is 1. The van der Waals surface area contributed by atoms with E-state index in [0.29, 0.717) is 102 Å². The van der Waals surface area contributed by atoms with Crippen molar-refractivity contribution in [3.8, 4) is 5.40 Å². The van der Waals surface area contributed by atoms with E-state index in [1.165, 1.54) is 12.1 Å². The van der Waals surface area contributed by atoms with Crippen molar-refractivity contribution >= 4 is 23.7 Å². The van der Waals surface area contributed by atoms with Crippen LogP contribution in [0.5, 0.6) is 0 Å². The molecule has 0 amide bonds. The van der Waals surface area contributed by atoms with Gasteiger partial charge < -0.3 is 29.2 Å². The molecule has 0 atom stereocenters. The van der Waals surface area contributed by atoms with Gasteiger partial charge in [0.05, 0.1) is 51.0 Å². The van der Waals surface area contributed by atoms with Crippen LogP contribution in [0.2, 0.25) is 0 Å². The Bertz CT molecular complexity index is 1150. The number of thioether (sulfide) groups is 1. The molecule has 0 aliphatic rings. The zero-order valence-corrected chi connectivity index (χ0v) is 24.9. The fraction of sp³-hybridized carbons (Fsp3) is 0.536. The standard InChI is InChI=1S/C28H39N5O8S/c1-3-39-12-8-33(20-23-17-24(42-21-29)18-26(31-23)28(36)37)10-14-41-16-15-40-13-9-32(7-11-38-2)19-22-5-4-6-25(30-22)27(34)35/h4-6,17-18H,3,7-16,19-20H2,1-2H3,(H,34,35)(H,36,37). The van der Waals surface area contributed by atoms with E-state index < -0.39 is 11.9 Å². The number of carbonyl (C=O) groups is 2. The normalized spacial score (nSPS) is 11.2. The van der Waals surface area contributed by atoms with Crippen LogP contribution in [-0.2, 0) is 32.0 Å². The maximum absolute atomic E-state index is 11.5. The van der Waals surface area contributed by atoms with E-state index in [-0.39, 0.29) is 11.4 Å². The molecule has 13 nitrogen and oxygen atoms in total. The van der Waals surface area contributed by atoms with Crippen molar-refractivity contribution in [1.29, 1.82) is 5.26 Å². The number of nitrogens with zero attached hydrogens (tertiary/aromatic N) is 5. The van der Waals surface area contributed by atoms with Gasteiger partial charge in [0.1, 0.15) is 16.8 Å². The third kappa shape index (κ3) is 14.1. The van der Waals surface area contributed by atoms with Crippen LogP contribution in [-0.4, -0.2) is 121 Å². The van der Waals surface area contributed by atoms with Crippen LogP contribution >= 0.6 is 11.8 Å². The second-order valence-electron chi connectivity index (χ2n) is 8.96. The van der Waals surface area contributed by atoms with Gasteiger partial charge in [-0.15, -0.1) is 0 Å². The van der Waals surface area contributed by atoms with E-state index in [4.69, 9.17) is 24.2 Å². The summed E-state index contributed by atoms with van der Waals surface area (Å²) in [6.07, 6.45) is 0. The van der Waals surface area contributed by atoms with E-state index in [9.17, 15) is 19.8 Å². The van der Waals surface area contributed by atoms with Crippen LogP contribution in [0.15, 0.2) is 35.2 Å². The van der Waals surface area contributed by atoms with E-state index in [1.54, 1.807) is 25.3 Å². The Morgan fingerprint density at radius 3 is 1.98 bits per heavy atom. The molecule has 0 radical (unpaired) electrons. The average Bonchev–Trinajstić information content (AvgIpc) is 2.97. The molecule has 0 fully saturated rings. The number of hydrogen-bond donors (Lipinski definition) is 2. The van der Waals surface area contributed by atoms with Gasteiger partial charge >= 0.3 is 11.9 Å². The number of aromatic carboxylic acids is 2. The van der Waals surface area contributed by atoms with Crippen LogP contribution in [0.3, 0.4) is 0 Å². The Morgan fingerprint density at radius 1 is 0.833 bits per heavy atom. The van der Waals surface area contributed by atoms with E-state index in [0.717, 1.165) is 11.8 Å². The molecule has 230 valence electrons. The maximum atomic E-state index is 11.5. The molecular weight excluding hydrogens is 566 g/mol. The molecule has 0 bridgehead atoms. The van der Waals surface area contributed by atoms with Crippen LogP contribution in [0.25, 0.3) is 0 Å². The minimum atomic E-state index is -1.15. The third-order valence-electron chi connectivity index (χ3n) is 5.87. The molecule has 0 aliphatic carbocycles. The largest absolute Gasteiger partial charge is 0.477 e. The molecule has 2 aromatic rings. The summed E-state index contributed by atoms with van der Waals surface area (Å²) in [7, 11) is 1.63. The number of hydrogen-bond acceptors (Lipinski definition) is 12. The maximum Gasteiger partial charge on any atom is 0.354 e. The Kier molecular flexibility index (Phi) is 17.2. The van der Waals surface area contributed by atoms with E-state index in [2.05, 4.69) is 19.8 Å². The molecule has 2 aromatic heterocycles. The van der Waals surface area contributed by atoms with Crippen LogP contribution in [0.1, 0.15) is 39.3 Å². The first-order valence-corrected chi connectivity index (χ1v) is 14.3. The number of ether oxygens (including phenoxy) is 4. The first kappa shape index (κ1) is 35.0. The van der Waals surface area contributed by atoms with Gasteiger partial charge in [-0.25, -0.2) is 19.6 Å². The van der Waals surface area contributed by atoms with E-state index in [1.807, 2.05) is 12.3 Å². The van der Waals surface area contributed by atoms with Gasteiger partial charge in [-0.1, -0.05) is 6.07 Å². The van der Waals surface area contributed by atoms with Crippen LogP contribution in [0, 0.1) is 10.7 Å². The number of carboxylic acid groups (broad SMARTS) is 2. The third-order valence-corrected chi connectivity index (χ3v) is 6.44. The summed E-state index contributed by atoms with van der Waals surface area (Å²) >= 11 is 0.894. The van der Waals surface area contributed by atoms with Gasteiger partial charge in [0.2, 0.25) is 0 Å². The Hall–Kier alpha value is -3.16. The zero-order valence-electron chi connectivity index (χ0n) is 24.1. The Labute approximate surface area is 250 Å². The van der Waals surface area contributed by atoms with Crippen LogP contribution in [0.4, 0.5) is 0 Å². The number of methoxy groups -OCH3 is 1. The molecule has 0 spiro atoms. The van der Waals surface area contributed by atoms with Crippen molar-refractivity contribution in [2.45, 2.75) is 24.9 Å². The minimum Gasteiger partial charge on any atom is -0.477 e. The lowest BCUT2D eigenvalue weighted by molar-refractivity contribution is 0.0239. The summed E-state index contributed by atoms with van der Waals surface area (Å²) in [6, 6.07) is 8.05. The number of rotatable bonds is 23. The van der Waals surface area contributed by atoms with Crippen molar-refractivity contribution in [2.24, 2.45) is 0 Å². The van der Waals surface area contributed by atoms with Gasteiger partial charge in [0.15, 0.2) is 0 Å². The first-order chi connectivity index (χ1) is 20.4. The van der Waals surface area contributed by atoms with Gasteiger partial charge in [-0.3, -0.25) is 9.80 Å². The molecular formula is C28H39N5O8S. The van der Waals surface area contributed by atoms with Crippen molar-refractivity contribution < 1.29 is 38.7 Å². The van der Waals surface area contributed by atoms with E-state index >= 15 is 0 Å². The molecule has 2 N–H and O–H groups in total. The summed E-state index contributed by atoms with van der Waals surface area (Å²) in [5, 5.41) is 29.5. The van der Waals surface area contributed by atoms with Crippen molar-refractivity contribution in [3.05, 3.63) is 53.1 Å². The highest BCUT2D eigenvalue weighted by Gasteiger charge is 2.14. The number of aromatic nitrogens is 2. The predicted molar refractivity (Wildman–Crippen MR) is 154 cm³/mol. The molecule has 0 saturated carbocycles. The quantitative estimate of drug-likeness (QED) is 0.108. The fourth-order valence-electron chi connectivity index (χ4n) is 3.81. The second-order valence-corrected chi connectivity index (χ2v) is 9.82. The highest BCUT2D eigenvalue weighted by Crippen LogP contribution is 2.19. The lowest BCUT2D eigenvalue weighted by Crippen LogP contribution is -2.32. The smallest absolute Gasteiger partial charge is 0.354 e. The molecule has 0 saturated heterocycles. The van der Waals surface area contributed by atoms with Crippen molar-refractivity contribution in [3.63, 3.8) is 0 Å². The average molecular weight is 606 g/mol.